The fourth-order valence-electron chi connectivity index (χ4n) is 2.32. The molecule has 7 nitrogen and oxygen atoms in total. The average molecular weight is 404 g/mol. The van der Waals surface area contributed by atoms with Gasteiger partial charge in [0.05, 0.1) is 10.6 Å². The molecule has 0 saturated heterocycles. The second kappa shape index (κ2) is 10.3. The van der Waals surface area contributed by atoms with E-state index in [2.05, 4.69) is 16.2 Å². The summed E-state index contributed by atoms with van der Waals surface area (Å²) in [6, 6.07) is 14.5. The maximum atomic E-state index is 12.4. The van der Waals surface area contributed by atoms with Crippen LogP contribution in [0.3, 0.4) is 0 Å². The lowest BCUT2D eigenvalue weighted by Gasteiger charge is -2.22. The molecular weight excluding hydrogens is 382 g/mol. The SMILES string of the molecule is CC(C)[C@H](NC(=O)COc1ccccc1)C(=O)NNC(=O)c1ccccc1Cl. The number of benzene rings is 2. The maximum absolute atomic E-state index is 12.4. The summed E-state index contributed by atoms with van der Waals surface area (Å²) >= 11 is 5.96. The number of carbonyl (C=O) groups excluding carboxylic acids is 3. The van der Waals surface area contributed by atoms with Gasteiger partial charge in [0.15, 0.2) is 6.61 Å². The highest BCUT2D eigenvalue weighted by Gasteiger charge is 2.25. The van der Waals surface area contributed by atoms with Gasteiger partial charge in [-0.1, -0.05) is 55.8 Å². The maximum Gasteiger partial charge on any atom is 0.271 e. The van der Waals surface area contributed by atoms with Crippen LogP contribution in [-0.4, -0.2) is 30.4 Å². The molecule has 0 fully saturated rings. The molecule has 2 aromatic carbocycles. The summed E-state index contributed by atoms with van der Waals surface area (Å²) in [5.41, 5.74) is 4.84. The van der Waals surface area contributed by atoms with Crippen molar-refractivity contribution in [1.29, 1.82) is 0 Å². The van der Waals surface area contributed by atoms with Crippen LogP contribution < -0.4 is 20.9 Å². The van der Waals surface area contributed by atoms with Crippen molar-refractivity contribution < 1.29 is 19.1 Å². The second-order valence-electron chi connectivity index (χ2n) is 6.31. The Labute approximate surface area is 168 Å². The van der Waals surface area contributed by atoms with Gasteiger partial charge >= 0.3 is 0 Å². The van der Waals surface area contributed by atoms with E-state index in [0.717, 1.165) is 0 Å². The number of hydrogen-bond donors (Lipinski definition) is 3. The molecule has 0 aliphatic carbocycles. The van der Waals surface area contributed by atoms with Crippen molar-refractivity contribution in [3.05, 3.63) is 65.2 Å². The molecule has 0 aromatic heterocycles. The number of hydrogen-bond acceptors (Lipinski definition) is 4. The molecule has 2 aromatic rings. The Hall–Kier alpha value is -3.06. The number of carbonyl (C=O) groups is 3. The first-order valence-corrected chi connectivity index (χ1v) is 9.08. The third-order valence-corrected chi connectivity index (χ3v) is 4.13. The second-order valence-corrected chi connectivity index (χ2v) is 6.72. The normalized spacial score (nSPS) is 11.4. The van der Waals surface area contributed by atoms with Crippen molar-refractivity contribution in [2.45, 2.75) is 19.9 Å². The van der Waals surface area contributed by atoms with E-state index in [9.17, 15) is 14.4 Å². The topological polar surface area (TPSA) is 96.5 Å². The van der Waals surface area contributed by atoms with Crippen LogP contribution in [0, 0.1) is 5.92 Å². The number of nitrogens with one attached hydrogen (secondary N) is 3. The monoisotopic (exact) mass is 403 g/mol. The molecule has 2 rings (SSSR count). The lowest BCUT2D eigenvalue weighted by atomic mass is 10.0. The zero-order chi connectivity index (χ0) is 20.5. The number of rotatable bonds is 7. The predicted molar refractivity (Wildman–Crippen MR) is 106 cm³/mol. The Kier molecular flexibility index (Phi) is 7.83. The van der Waals surface area contributed by atoms with E-state index in [0.29, 0.717) is 5.75 Å². The molecule has 0 aliphatic rings. The minimum absolute atomic E-state index is 0.210. The standard InChI is InChI=1S/C20H22ClN3O4/c1-13(2)18(22-17(25)12-28-14-8-4-3-5-9-14)20(27)24-23-19(26)15-10-6-7-11-16(15)21/h3-11,13,18H,12H2,1-2H3,(H,22,25)(H,23,26)(H,24,27)/t18-/m0/s1. The summed E-state index contributed by atoms with van der Waals surface area (Å²) in [7, 11) is 0. The number of hydrazine groups is 1. The molecule has 0 aliphatic heterocycles. The van der Waals surface area contributed by atoms with Crippen LogP contribution in [0.25, 0.3) is 0 Å². The molecule has 28 heavy (non-hydrogen) atoms. The summed E-state index contributed by atoms with van der Waals surface area (Å²) in [5.74, 6) is -1.22. The Balaban J connectivity index is 1.88. The summed E-state index contributed by atoms with van der Waals surface area (Å²) in [6.07, 6.45) is 0. The van der Waals surface area contributed by atoms with E-state index in [-0.39, 0.29) is 23.1 Å². The number of amides is 3. The summed E-state index contributed by atoms with van der Waals surface area (Å²) in [6.45, 7) is 3.32. The van der Waals surface area contributed by atoms with Crippen LogP contribution in [0.5, 0.6) is 5.75 Å². The van der Waals surface area contributed by atoms with E-state index < -0.39 is 23.8 Å². The molecule has 0 saturated carbocycles. The molecule has 148 valence electrons. The first-order valence-electron chi connectivity index (χ1n) is 8.70. The van der Waals surface area contributed by atoms with Gasteiger partial charge in [-0.25, -0.2) is 0 Å². The number of ether oxygens (including phenoxy) is 1. The Morgan fingerprint density at radius 3 is 2.25 bits per heavy atom. The highest BCUT2D eigenvalue weighted by atomic mass is 35.5. The van der Waals surface area contributed by atoms with Gasteiger partial charge < -0.3 is 10.1 Å². The molecule has 3 N–H and O–H groups in total. The van der Waals surface area contributed by atoms with Gasteiger partial charge in [-0.15, -0.1) is 0 Å². The minimum atomic E-state index is -0.849. The van der Waals surface area contributed by atoms with Crippen molar-refractivity contribution in [2.75, 3.05) is 6.61 Å². The fourth-order valence-corrected chi connectivity index (χ4v) is 2.55. The molecular formula is C20H22ClN3O4. The number of para-hydroxylation sites is 1. The number of halogens is 1. The Morgan fingerprint density at radius 1 is 0.964 bits per heavy atom. The molecule has 1 atom stereocenters. The third kappa shape index (κ3) is 6.28. The molecule has 8 heteroatoms. The van der Waals surface area contributed by atoms with E-state index in [1.54, 1.807) is 56.3 Å². The highest BCUT2D eigenvalue weighted by Crippen LogP contribution is 2.14. The van der Waals surface area contributed by atoms with Gasteiger partial charge in [0.25, 0.3) is 17.7 Å². The van der Waals surface area contributed by atoms with Gasteiger partial charge in [-0.3, -0.25) is 25.2 Å². The summed E-state index contributed by atoms with van der Waals surface area (Å²) < 4.78 is 5.37. The molecule has 0 radical (unpaired) electrons. The summed E-state index contributed by atoms with van der Waals surface area (Å²) in [5, 5.41) is 2.87. The largest absolute Gasteiger partial charge is 0.484 e. The van der Waals surface area contributed by atoms with Gasteiger partial charge in [0.2, 0.25) is 0 Å². The van der Waals surface area contributed by atoms with Gasteiger partial charge in [0, 0.05) is 0 Å². The Morgan fingerprint density at radius 2 is 1.61 bits per heavy atom. The fraction of sp³-hybridized carbons (Fsp3) is 0.250. The predicted octanol–water partition coefficient (Wildman–Crippen LogP) is 2.32. The average Bonchev–Trinajstić information content (AvgIpc) is 2.69. The first-order chi connectivity index (χ1) is 13.4. The van der Waals surface area contributed by atoms with Crippen molar-refractivity contribution in [3.8, 4) is 5.75 Å². The minimum Gasteiger partial charge on any atom is -0.484 e. The zero-order valence-corrected chi connectivity index (χ0v) is 16.3. The molecule has 0 heterocycles. The molecule has 0 spiro atoms. The molecule has 0 unspecified atom stereocenters. The van der Waals surface area contributed by atoms with Crippen LogP contribution in [0.1, 0.15) is 24.2 Å². The van der Waals surface area contributed by atoms with E-state index >= 15 is 0 Å². The van der Waals surface area contributed by atoms with Crippen molar-refractivity contribution in [1.82, 2.24) is 16.2 Å². The first kappa shape index (κ1) is 21.2. The van der Waals surface area contributed by atoms with Gasteiger partial charge in [-0.05, 0) is 30.2 Å². The molecule has 3 amide bonds. The van der Waals surface area contributed by atoms with Crippen molar-refractivity contribution in [3.63, 3.8) is 0 Å². The quantitative estimate of drug-likeness (QED) is 0.618. The highest BCUT2D eigenvalue weighted by molar-refractivity contribution is 6.33. The summed E-state index contributed by atoms with van der Waals surface area (Å²) in [4.78, 5) is 36.6. The van der Waals surface area contributed by atoms with E-state index in [1.165, 1.54) is 6.07 Å². The van der Waals surface area contributed by atoms with Crippen LogP contribution >= 0.6 is 11.6 Å². The Bertz CT molecular complexity index is 827. The lowest BCUT2D eigenvalue weighted by Crippen LogP contribution is -2.55. The van der Waals surface area contributed by atoms with Crippen LogP contribution in [0.15, 0.2) is 54.6 Å². The van der Waals surface area contributed by atoms with Gasteiger partial charge in [0.1, 0.15) is 11.8 Å². The van der Waals surface area contributed by atoms with E-state index in [4.69, 9.17) is 16.3 Å². The zero-order valence-electron chi connectivity index (χ0n) is 15.6. The third-order valence-electron chi connectivity index (χ3n) is 3.80. The van der Waals surface area contributed by atoms with Crippen molar-refractivity contribution >= 4 is 29.3 Å². The lowest BCUT2D eigenvalue weighted by molar-refractivity contribution is -0.131. The van der Waals surface area contributed by atoms with Crippen molar-refractivity contribution in [2.24, 2.45) is 5.92 Å². The molecule has 0 bridgehead atoms. The van der Waals surface area contributed by atoms with Crippen LogP contribution in [-0.2, 0) is 9.59 Å². The van der Waals surface area contributed by atoms with Crippen LogP contribution in [0.4, 0.5) is 0 Å². The van der Waals surface area contributed by atoms with E-state index in [1.807, 2.05) is 6.07 Å². The van der Waals surface area contributed by atoms with Crippen LogP contribution in [0.2, 0.25) is 5.02 Å². The smallest absolute Gasteiger partial charge is 0.271 e. The van der Waals surface area contributed by atoms with Gasteiger partial charge in [-0.2, -0.15) is 0 Å².